The third-order valence-corrected chi connectivity index (χ3v) is 4.53. The minimum atomic E-state index is -0.346. The van der Waals surface area contributed by atoms with Gasteiger partial charge >= 0.3 is 0 Å². The first-order chi connectivity index (χ1) is 10.1. The van der Waals surface area contributed by atoms with Crippen LogP contribution in [0.3, 0.4) is 0 Å². The van der Waals surface area contributed by atoms with Gasteiger partial charge in [-0.2, -0.15) is 0 Å². The minimum absolute atomic E-state index is 0.139. The molecule has 5 heteroatoms. The van der Waals surface area contributed by atoms with Crippen molar-refractivity contribution in [2.24, 2.45) is 11.8 Å². The first-order valence-corrected chi connectivity index (χ1v) is 7.07. The maximum atomic E-state index is 12.6. The van der Waals surface area contributed by atoms with Crippen molar-refractivity contribution in [2.45, 2.75) is 12.2 Å². The summed E-state index contributed by atoms with van der Waals surface area (Å²) in [5.41, 5.74) is 1.67. The predicted molar refractivity (Wildman–Crippen MR) is 78.0 cm³/mol. The standard InChI is InChI=1S/C16H16N2O3/c1-17(2)9-3-5-10(6-4-9)18-15(19)13-11-7-8-12(21-11)14(13)16(18)20/h3-8,11-14H,1-2H3/t11-,12+,13-,14+. The molecule has 1 aromatic carbocycles. The number of hydrogen-bond acceptors (Lipinski definition) is 4. The summed E-state index contributed by atoms with van der Waals surface area (Å²) in [5, 5.41) is 0. The zero-order valence-electron chi connectivity index (χ0n) is 11.9. The van der Waals surface area contributed by atoms with E-state index in [1.807, 2.05) is 55.4 Å². The summed E-state index contributed by atoms with van der Waals surface area (Å²) in [6, 6.07) is 7.46. The van der Waals surface area contributed by atoms with E-state index >= 15 is 0 Å². The Balaban J connectivity index is 1.68. The lowest BCUT2D eigenvalue weighted by atomic mass is 9.85. The Kier molecular flexibility index (Phi) is 2.50. The summed E-state index contributed by atoms with van der Waals surface area (Å²) in [6.45, 7) is 0. The van der Waals surface area contributed by atoms with Gasteiger partial charge in [-0.1, -0.05) is 12.2 Å². The van der Waals surface area contributed by atoms with Crippen LogP contribution in [0.15, 0.2) is 36.4 Å². The number of carbonyl (C=O) groups excluding carboxylic acids is 2. The van der Waals surface area contributed by atoms with Crippen LogP contribution in [0.1, 0.15) is 0 Å². The van der Waals surface area contributed by atoms with Crippen LogP contribution in [0.4, 0.5) is 11.4 Å². The summed E-state index contributed by atoms with van der Waals surface area (Å²) < 4.78 is 5.63. The highest BCUT2D eigenvalue weighted by atomic mass is 16.5. The smallest absolute Gasteiger partial charge is 0.240 e. The van der Waals surface area contributed by atoms with E-state index in [0.717, 1.165) is 5.69 Å². The molecular formula is C16H16N2O3. The lowest BCUT2D eigenvalue weighted by Gasteiger charge is -2.19. The quantitative estimate of drug-likeness (QED) is 0.605. The predicted octanol–water partition coefficient (Wildman–Crippen LogP) is 1.20. The molecule has 108 valence electrons. The largest absolute Gasteiger partial charge is 0.378 e. The fraction of sp³-hybridized carbons (Fsp3) is 0.375. The molecule has 4 atom stereocenters. The Bertz CT molecular complexity index is 620. The van der Waals surface area contributed by atoms with Crippen LogP contribution in [0.2, 0.25) is 0 Å². The van der Waals surface area contributed by atoms with Crippen molar-refractivity contribution in [3.63, 3.8) is 0 Å². The van der Waals surface area contributed by atoms with E-state index in [4.69, 9.17) is 4.74 Å². The van der Waals surface area contributed by atoms with Crippen LogP contribution in [0.25, 0.3) is 0 Å². The van der Waals surface area contributed by atoms with Crippen molar-refractivity contribution in [1.82, 2.24) is 0 Å². The van der Waals surface area contributed by atoms with Crippen LogP contribution in [0, 0.1) is 11.8 Å². The molecule has 1 aromatic rings. The molecule has 0 unspecified atom stereocenters. The van der Waals surface area contributed by atoms with Crippen molar-refractivity contribution in [3.8, 4) is 0 Å². The third-order valence-electron chi connectivity index (χ3n) is 4.53. The van der Waals surface area contributed by atoms with Gasteiger partial charge in [0.15, 0.2) is 0 Å². The van der Waals surface area contributed by atoms with Crippen molar-refractivity contribution in [3.05, 3.63) is 36.4 Å². The van der Waals surface area contributed by atoms with Gasteiger partial charge in [-0.15, -0.1) is 0 Å². The number of benzene rings is 1. The molecule has 0 spiro atoms. The van der Waals surface area contributed by atoms with Gasteiger partial charge in [0, 0.05) is 19.8 Å². The zero-order chi connectivity index (χ0) is 14.7. The van der Waals surface area contributed by atoms with Gasteiger partial charge in [0.1, 0.15) is 0 Å². The van der Waals surface area contributed by atoms with E-state index in [9.17, 15) is 9.59 Å². The fourth-order valence-corrected chi connectivity index (χ4v) is 3.46. The molecule has 0 aromatic heterocycles. The Morgan fingerprint density at radius 2 is 1.48 bits per heavy atom. The molecule has 2 saturated heterocycles. The molecule has 2 amide bonds. The zero-order valence-corrected chi connectivity index (χ0v) is 11.9. The number of imide groups is 1. The monoisotopic (exact) mass is 284 g/mol. The molecule has 3 aliphatic heterocycles. The molecule has 2 fully saturated rings. The topological polar surface area (TPSA) is 49.9 Å². The molecule has 0 aliphatic carbocycles. The SMILES string of the molecule is CN(C)c1ccc(N2C(=O)[C@@H]3[C@H](C2=O)[C@H]2C=C[C@@H]3O2)cc1. The summed E-state index contributed by atoms with van der Waals surface area (Å²) >= 11 is 0. The maximum Gasteiger partial charge on any atom is 0.240 e. The van der Waals surface area contributed by atoms with Crippen molar-refractivity contribution in [1.29, 1.82) is 0 Å². The summed E-state index contributed by atoms with van der Waals surface area (Å²) in [5.74, 6) is -0.971. The number of rotatable bonds is 2. The highest BCUT2D eigenvalue weighted by Crippen LogP contribution is 2.46. The van der Waals surface area contributed by atoms with E-state index in [1.165, 1.54) is 4.90 Å². The number of fused-ring (bicyclic) bond motifs is 5. The number of anilines is 2. The van der Waals surface area contributed by atoms with Crippen LogP contribution in [0.5, 0.6) is 0 Å². The first kappa shape index (κ1) is 12.6. The van der Waals surface area contributed by atoms with Gasteiger partial charge in [-0.25, -0.2) is 4.90 Å². The fourth-order valence-electron chi connectivity index (χ4n) is 3.46. The lowest BCUT2D eigenvalue weighted by molar-refractivity contribution is -0.124. The second-order valence-electron chi connectivity index (χ2n) is 5.92. The Morgan fingerprint density at radius 1 is 0.952 bits per heavy atom. The van der Waals surface area contributed by atoms with Gasteiger partial charge in [0.2, 0.25) is 11.8 Å². The summed E-state index contributed by atoms with van der Waals surface area (Å²) in [4.78, 5) is 28.5. The number of carbonyl (C=O) groups is 2. The number of amides is 2. The van der Waals surface area contributed by atoms with Crippen molar-refractivity contribution >= 4 is 23.2 Å². The van der Waals surface area contributed by atoms with Crippen LogP contribution >= 0.6 is 0 Å². The van der Waals surface area contributed by atoms with Crippen molar-refractivity contribution in [2.75, 3.05) is 23.9 Å². The Morgan fingerprint density at radius 3 is 1.95 bits per heavy atom. The minimum Gasteiger partial charge on any atom is -0.378 e. The average Bonchev–Trinajstić information content (AvgIpc) is 3.13. The highest BCUT2D eigenvalue weighted by molar-refractivity contribution is 6.23. The van der Waals surface area contributed by atoms with Crippen LogP contribution in [-0.2, 0) is 14.3 Å². The molecule has 21 heavy (non-hydrogen) atoms. The van der Waals surface area contributed by atoms with Crippen LogP contribution < -0.4 is 9.80 Å². The number of nitrogens with zero attached hydrogens (tertiary/aromatic N) is 2. The lowest BCUT2D eigenvalue weighted by Crippen LogP contribution is -2.34. The third kappa shape index (κ3) is 1.61. The molecule has 5 nitrogen and oxygen atoms in total. The first-order valence-electron chi connectivity index (χ1n) is 7.07. The number of hydrogen-bond donors (Lipinski definition) is 0. The summed E-state index contributed by atoms with van der Waals surface area (Å²) in [6.07, 6.45) is 3.33. The Labute approximate surface area is 122 Å². The van der Waals surface area contributed by atoms with E-state index in [-0.39, 0.29) is 35.9 Å². The number of ether oxygens (including phenoxy) is 1. The second-order valence-corrected chi connectivity index (χ2v) is 5.92. The van der Waals surface area contributed by atoms with Crippen molar-refractivity contribution < 1.29 is 14.3 Å². The maximum absolute atomic E-state index is 12.6. The Hall–Kier alpha value is -2.14. The van der Waals surface area contributed by atoms with Gasteiger partial charge in [0.05, 0.1) is 29.7 Å². The molecule has 0 radical (unpaired) electrons. The second kappa shape index (κ2) is 4.18. The summed E-state index contributed by atoms with van der Waals surface area (Å²) in [7, 11) is 3.90. The average molecular weight is 284 g/mol. The van der Waals surface area contributed by atoms with Gasteiger partial charge in [-0.05, 0) is 24.3 Å². The molecule has 3 aliphatic rings. The van der Waals surface area contributed by atoms with E-state index in [1.54, 1.807) is 0 Å². The molecule has 2 bridgehead atoms. The van der Waals surface area contributed by atoms with E-state index in [2.05, 4.69) is 0 Å². The van der Waals surface area contributed by atoms with Crippen LogP contribution in [-0.4, -0.2) is 38.1 Å². The molecule has 0 saturated carbocycles. The van der Waals surface area contributed by atoms with E-state index < -0.39 is 0 Å². The highest BCUT2D eigenvalue weighted by Gasteiger charge is 2.60. The van der Waals surface area contributed by atoms with Gasteiger partial charge in [0.25, 0.3) is 0 Å². The van der Waals surface area contributed by atoms with Gasteiger partial charge in [-0.3, -0.25) is 9.59 Å². The normalized spacial score (nSPS) is 33.0. The molecule has 4 rings (SSSR count). The van der Waals surface area contributed by atoms with Gasteiger partial charge < -0.3 is 9.64 Å². The molecule has 0 N–H and O–H groups in total. The molecule has 3 heterocycles. The van der Waals surface area contributed by atoms with E-state index in [0.29, 0.717) is 5.69 Å². The molecular weight excluding hydrogens is 268 g/mol.